The van der Waals surface area contributed by atoms with Crippen LogP contribution in [-0.2, 0) is 10.0 Å². The van der Waals surface area contributed by atoms with Crippen LogP contribution in [-0.4, -0.2) is 27.5 Å². The first-order chi connectivity index (χ1) is 12.9. The number of methoxy groups -OCH3 is 1. The van der Waals surface area contributed by atoms with Gasteiger partial charge in [0.2, 0.25) is 10.0 Å². The van der Waals surface area contributed by atoms with Gasteiger partial charge in [0.05, 0.1) is 7.11 Å². The van der Waals surface area contributed by atoms with Gasteiger partial charge in [-0.1, -0.05) is 30.5 Å². The van der Waals surface area contributed by atoms with Crippen molar-refractivity contribution in [1.29, 1.82) is 0 Å². The first kappa shape index (κ1) is 19.7. The summed E-state index contributed by atoms with van der Waals surface area (Å²) in [6.45, 7) is 0. The number of hydrogen-bond acceptors (Lipinski definition) is 4. The van der Waals surface area contributed by atoms with Gasteiger partial charge in [-0.2, -0.15) is 0 Å². The van der Waals surface area contributed by atoms with Gasteiger partial charge in [-0.3, -0.25) is 4.79 Å². The SMILES string of the molecule is COc1ccc(C(=O)Nc2cccc(Cl)c2)cc1S(=O)(=O)NC1CCCC1. The maximum absolute atomic E-state index is 12.8. The second-order valence-corrected chi connectivity index (χ2v) is 8.55. The summed E-state index contributed by atoms with van der Waals surface area (Å²) >= 11 is 5.92. The summed E-state index contributed by atoms with van der Waals surface area (Å²) in [5, 5.41) is 3.20. The molecule has 1 aliphatic carbocycles. The lowest BCUT2D eigenvalue weighted by Gasteiger charge is -2.16. The number of ether oxygens (including phenoxy) is 1. The summed E-state index contributed by atoms with van der Waals surface area (Å²) in [5.74, 6) is -0.239. The lowest BCUT2D eigenvalue weighted by Crippen LogP contribution is -2.33. The molecule has 1 amide bonds. The van der Waals surface area contributed by atoms with E-state index in [0.29, 0.717) is 10.7 Å². The van der Waals surface area contributed by atoms with Gasteiger partial charge in [0.15, 0.2) is 0 Å². The summed E-state index contributed by atoms with van der Waals surface area (Å²) in [6.07, 6.45) is 3.64. The molecule has 0 heterocycles. The number of anilines is 1. The van der Waals surface area contributed by atoms with Crippen LogP contribution < -0.4 is 14.8 Å². The van der Waals surface area contributed by atoms with Gasteiger partial charge in [0.25, 0.3) is 5.91 Å². The van der Waals surface area contributed by atoms with Crippen LogP contribution in [0, 0.1) is 0 Å². The normalized spacial score (nSPS) is 14.9. The van der Waals surface area contributed by atoms with E-state index in [9.17, 15) is 13.2 Å². The summed E-state index contributed by atoms with van der Waals surface area (Å²) < 4.78 is 33.5. The Morgan fingerprint density at radius 3 is 2.56 bits per heavy atom. The lowest BCUT2D eigenvalue weighted by molar-refractivity contribution is 0.102. The Balaban J connectivity index is 1.87. The summed E-state index contributed by atoms with van der Waals surface area (Å²) in [4.78, 5) is 12.5. The number of nitrogens with one attached hydrogen (secondary N) is 2. The number of carbonyl (C=O) groups is 1. The number of sulfonamides is 1. The highest BCUT2D eigenvalue weighted by Crippen LogP contribution is 2.27. The van der Waals surface area contributed by atoms with E-state index in [1.165, 1.54) is 25.3 Å². The third-order valence-electron chi connectivity index (χ3n) is 4.47. The zero-order valence-electron chi connectivity index (χ0n) is 14.9. The molecule has 3 rings (SSSR count). The Bertz CT molecular complexity index is 940. The largest absolute Gasteiger partial charge is 0.495 e. The van der Waals surface area contributed by atoms with E-state index in [-0.39, 0.29) is 22.3 Å². The highest BCUT2D eigenvalue weighted by molar-refractivity contribution is 7.89. The molecular formula is C19H21ClN2O4S. The third-order valence-corrected chi connectivity index (χ3v) is 6.25. The van der Waals surface area contributed by atoms with Crippen molar-refractivity contribution in [3.05, 3.63) is 53.1 Å². The van der Waals surface area contributed by atoms with Crippen LogP contribution in [0.1, 0.15) is 36.0 Å². The van der Waals surface area contributed by atoms with Gasteiger partial charge >= 0.3 is 0 Å². The standard InChI is InChI=1S/C19H21ClN2O4S/c1-26-17-10-9-13(19(23)21-16-8-4-5-14(20)12-16)11-18(17)27(24,25)22-15-6-2-3-7-15/h4-5,8-12,15,22H,2-3,6-7H2,1H3,(H,21,23). The quantitative estimate of drug-likeness (QED) is 0.760. The minimum atomic E-state index is -3.80. The van der Waals surface area contributed by atoms with Gasteiger partial charge in [0, 0.05) is 22.3 Å². The maximum Gasteiger partial charge on any atom is 0.255 e. The molecule has 0 aromatic heterocycles. The molecule has 1 fully saturated rings. The Labute approximate surface area is 163 Å². The smallest absolute Gasteiger partial charge is 0.255 e. The molecule has 0 unspecified atom stereocenters. The van der Waals surface area contributed by atoms with Gasteiger partial charge in [-0.25, -0.2) is 13.1 Å². The van der Waals surface area contributed by atoms with Crippen molar-refractivity contribution in [2.24, 2.45) is 0 Å². The Hall–Kier alpha value is -2.09. The molecule has 2 aromatic rings. The fourth-order valence-electron chi connectivity index (χ4n) is 3.12. The second-order valence-electron chi connectivity index (χ2n) is 6.43. The van der Waals surface area contributed by atoms with Crippen molar-refractivity contribution in [2.45, 2.75) is 36.6 Å². The van der Waals surface area contributed by atoms with E-state index >= 15 is 0 Å². The fourth-order valence-corrected chi connectivity index (χ4v) is 4.81. The highest BCUT2D eigenvalue weighted by atomic mass is 35.5. The zero-order chi connectivity index (χ0) is 19.4. The number of carbonyl (C=O) groups excluding carboxylic acids is 1. The molecule has 0 bridgehead atoms. The van der Waals surface area contributed by atoms with Crippen LogP contribution in [0.15, 0.2) is 47.4 Å². The molecule has 0 radical (unpaired) electrons. The van der Waals surface area contributed by atoms with Gasteiger partial charge in [-0.15, -0.1) is 0 Å². The summed E-state index contributed by atoms with van der Waals surface area (Å²) in [7, 11) is -2.40. The van der Waals surface area contributed by atoms with E-state index in [0.717, 1.165) is 25.7 Å². The average molecular weight is 409 g/mol. The minimum Gasteiger partial charge on any atom is -0.495 e. The van der Waals surface area contributed by atoms with Crippen LogP contribution in [0.25, 0.3) is 0 Å². The Morgan fingerprint density at radius 2 is 1.89 bits per heavy atom. The van der Waals surface area contributed by atoms with Crippen LogP contribution in [0.2, 0.25) is 5.02 Å². The van der Waals surface area contributed by atoms with Gasteiger partial charge < -0.3 is 10.1 Å². The number of benzene rings is 2. The molecule has 1 aliphatic rings. The third kappa shape index (κ3) is 4.80. The van der Waals surface area contributed by atoms with Crippen LogP contribution >= 0.6 is 11.6 Å². The van der Waals surface area contributed by atoms with Crippen molar-refractivity contribution in [1.82, 2.24) is 4.72 Å². The molecule has 2 N–H and O–H groups in total. The molecule has 6 nitrogen and oxygen atoms in total. The van der Waals surface area contributed by atoms with Crippen LogP contribution in [0.5, 0.6) is 5.75 Å². The monoisotopic (exact) mass is 408 g/mol. The van der Waals surface area contributed by atoms with Crippen molar-refractivity contribution in [3.63, 3.8) is 0 Å². The topological polar surface area (TPSA) is 84.5 Å². The van der Waals surface area contributed by atoms with Gasteiger partial charge in [0.1, 0.15) is 10.6 Å². The van der Waals surface area contributed by atoms with E-state index in [2.05, 4.69) is 10.0 Å². The van der Waals surface area contributed by atoms with E-state index in [4.69, 9.17) is 16.3 Å². The molecule has 2 aromatic carbocycles. The maximum atomic E-state index is 12.8. The number of rotatable bonds is 6. The Kier molecular flexibility index (Phi) is 6.04. The van der Waals surface area contributed by atoms with Crippen LogP contribution in [0.3, 0.4) is 0 Å². The number of amides is 1. The summed E-state index contributed by atoms with van der Waals surface area (Å²) in [6, 6.07) is 11.0. The lowest BCUT2D eigenvalue weighted by atomic mass is 10.2. The van der Waals surface area contributed by atoms with Crippen molar-refractivity contribution >= 4 is 33.2 Å². The molecule has 0 saturated heterocycles. The molecule has 144 valence electrons. The molecule has 0 atom stereocenters. The highest BCUT2D eigenvalue weighted by Gasteiger charge is 2.26. The predicted octanol–water partition coefficient (Wildman–Crippen LogP) is 3.82. The fraction of sp³-hybridized carbons (Fsp3) is 0.316. The number of halogens is 1. The second kappa shape index (κ2) is 8.29. The predicted molar refractivity (Wildman–Crippen MR) is 105 cm³/mol. The van der Waals surface area contributed by atoms with E-state index < -0.39 is 15.9 Å². The van der Waals surface area contributed by atoms with Crippen molar-refractivity contribution in [3.8, 4) is 5.75 Å². The molecule has 27 heavy (non-hydrogen) atoms. The molecule has 0 spiro atoms. The molecule has 8 heteroatoms. The zero-order valence-corrected chi connectivity index (χ0v) is 16.4. The average Bonchev–Trinajstić information content (AvgIpc) is 3.13. The van der Waals surface area contributed by atoms with Crippen molar-refractivity contribution < 1.29 is 17.9 Å². The molecule has 0 aliphatic heterocycles. The summed E-state index contributed by atoms with van der Waals surface area (Å²) in [5.41, 5.74) is 0.736. The van der Waals surface area contributed by atoms with Crippen LogP contribution in [0.4, 0.5) is 5.69 Å². The number of hydrogen-bond donors (Lipinski definition) is 2. The van der Waals surface area contributed by atoms with Crippen molar-refractivity contribution in [2.75, 3.05) is 12.4 Å². The van der Waals surface area contributed by atoms with Gasteiger partial charge in [-0.05, 0) is 49.2 Å². The minimum absolute atomic E-state index is 0.0457. The first-order valence-electron chi connectivity index (χ1n) is 8.66. The first-order valence-corrected chi connectivity index (χ1v) is 10.5. The molecular weight excluding hydrogens is 388 g/mol. The van der Waals surface area contributed by atoms with E-state index in [1.807, 2.05) is 0 Å². The Morgan fingerprint density at radius 1 is 1.15 bits per heavy atom. The molecule has 1 saturated carbocycles. The van der Waals surface area contributed by atoms with E-state index in [1.54, 1.807) is 24.3 Å².